The molecule has 2 N–H and O–H groups in total. The van der Waals surface area contributed by atoms with Crippen LogP contribution in [-0.4, -0.2) is 23.4 Å². The van der Waals surface area contributed by atoms with Gasteiger partial charge in [0.25, 0.3) is 0 Å². The van der Waals surface area contributed by atoms with Gasteiger partial charge in [0.2, 0.25) is 0 Å². The molecule has 114 valence electrons. The lowest BCUT2D eigenvalue weighted by atomic mass is 10.1. The van der Waals surface area contributed by atoms with E-state index in [2.05, 4.69) is 19.2 Å². The zero-order valence-corrected chi connectivity index (χ0v) is 14.0. The van der Waals surface area contributed by atoms with Crippen molar-refractivity contribution >= 4 is 23.2 Å². The van der Waals surface area contributed by atoms with Crippen molar-refractivity contribution in [3.05, 3.63) is 27.7 Å². The molecule has 0 aliphatic heterocycles. The van der Waals surface area contributed by atoms with Crippen molar-refractivity contribution in [2.75, 3.05) is 6.61 Å². The van der Waals surface area contributed by atoms with E-state index in [1.54, 1.807) is 13.0 Å². The molecule has 5 heteroatoms. The van der Waals surface area contributed by atoms with Crippen LogP contribution >= 0.6 is 23.2 Å². The molecule has 0 amide bonds. The first kappa shape index (κ1) is 17.6. The highest BCUT2D eigenvalue weighted by Crippen LogP contribution is 2.33. The van der Waals surface area contributed by atoms with Gasteiger partial charge in [0, 0.05) is 23.2 Å². The highest BCUT2D eigenvalue weighted by Gasteiger charge is 2.20. The average molecular weight is 320 g/mol. The van der Waals surface area contributed by atoms with Gasteiger partial charge in [0.1, 0.15) is 12.4 Å². The number of halogens is 2. The van der Waals surface area contributed by atoms with Crippen LogP contribution in [0, 0.1) is 0 Å². The Morgan fingerprint density at radius 3 is 2.55 bits per heavy atom. The molecule has 0 aliphatic rings. The number of benzene rings is 1. The quantitative estimate of drug-likeness (QED) is 0.797. The third-order valence-corrected chi connectivity index (χ3v) is 3.57. The zero-order valence-electron chi connectivity index (χ0n) is 12.5. The third kappa shape index (κ3) is 5.49. The van der Waals surface area contributed by atoms with Gasteiger partial charge in [-0.25, -0.2) is 0 Å². The van der Waals surface area contributed by atoms with Crippen molar-refractivity contribution in [3.63, 3.8) is 0 Å². The molecule has 20 heavy (non-hydrogen) atoms. The Morgan fingerprint density at radius 1 is 1.35 bits per heavy atom. The maximum atomic E-state index is 10.0. The van der Waals surface area contributed by atoms with Gasteiger partial charge < -0.3 is 15.2 Å². The predicted molar refractivity (Wildman–Crippen MR) is 84.8 cm³/mol. The van der Waals surface area contributed by atoms with Gasteiger partial charge >= 0.3 is 0 Å². The Labute approximate surface area is 131 Å². The monoisotopic (exact) mass is 319 g/mol. The van der Waals surface area contributed by atoms with Gasteiger partial charge in [-0.05, 0) is 25.5 Å². The molecule has 3 nitrogen and oxygen atoms in total. The number of aliphatic hydroxyl groups is 1. The van der Waals surface area contributed by atoms with Crippen LogP contribution in [0.15, 0.2) is 12.1 Å². The molecule has 0 fully saturated rings. The Balaban J connectivity index is 2.92. The summed E-state index contributed by atoms with van der Waals surface area (Å²) >= 11 is 12.2. The molecule has 0 aromatic heterocycles. The summed E-state index contributed by atoms with van der Waals surface area (Å²) in [6, 6.07) is 3.83. The lowest BCUT2D eigenvalue weighted by Gasteiger charge is -2.23. The van der Waals surface area contributed by atoms with E-state index in [4.69, 9.17) is 27.9 Å². The van der Waals surface area contributed by atoms with Gasteiger partial charge in [0.05, 0.1) is 10.6 Å². The SMILES string of the molecule is CCC(C)(O)COc1c(Cl)cc(Cl)cc1CNC(C)C. The molecule has 0 radical (unpaired) electrons. The molecule has 1 atom stereocenters. The fourth-order valence-electron chi connectivity index (χ4n) is 1.55. The second-order valence-electron chi connectivity index (χ2n) is 5.55. The van der Waals surface area contributed by atoms with E-state index in [0.717, 1.165) is 5.56 Å². The minimum absolute atomic E-state index is 0.194. The number of rotatable bonds is 7. The van der Waals surface area contributed by atoms with E-state index in [1.807, 2.05) is 13.0 Å². The van der Waals surface area contributed by atoms with Crippen LogP contribution in [0.25, 0.3) is 0 Å². The Bertz CT molecular complexity index is 448. The largest absolute Gasteiger partial charge is 0.489 e. The lowest BCUT2D eigenvalue weighted by Crippen LogP contribution is -2.31. The van der Waals surface area contributed by atoms with E-state index in [1.165, 1.54) is 0 Å². The molecular weight excluding hydrogens is 297 g/mol. The van der Waals surface area contributed by atoms with Crippen LogP contribution in [0.5, 0.6) is 5.75 Å². The van der Waals surface area contributed by atoms with Crippen molar-refractivity contribution in [2.24, 2.45) is 0 Å². The highest BCUT2D eigenvalue weighted by atomic mass is 35.5. The van der Waals surface area contributed by atoms with Crippen molar-refractivity contribution in [2.45, 2.75) is 52.3 Å². The summed E-state index contributed by atoms with van der Waals surface area (Å²) in [5.74, 6) is 0.581. The third-order valence-electron chi connectivity index (χ3n) is 3.08. The van der Waals surface area contributed by atoms with Crippen LogP contribution in [-0.2, 0) is 6.54 Å². The van der Waals surface area contributed by atoms with Crippen molar-refractivity contribution in [1.29, 1.82) is 0 Å². The normalized spacial score (nSPS) is 14.4. The van der Waals surface area contributed by atoms with Crippen LogP contribution in [0.4, 0.5) is 0 Å². The van der Waals surface area contributed by atoms with Crippen LogP contribution in [0.3, 0.4) is 0 Å². The summed E-state index contributed by atoms with van der Waals surface area (Å²) in [7, 11) is 0. The lowest BCUT2D eigenvalue weighted by molar-refractivity contribution is 0.00819. The standard InChI is InChI=1S/C15H23Cl2NO2/c1-5-15(4,19)9-20-14-11(8-18-10(2)3)6-12(16)7-13(14)17/h6-7,10,18-19H,5,8-9H2,1-4H3. The fourth-order valence-corrected chi connectivity index (χ4v) is 2.14. The summed E-state index contributed by atoms with van der Waals surface area (Å²) in [4.78, 5) is 0. The predicted octanol–water partition coefficient (Wildman–Crippen LogP) is 4.03. The van der Waals surface area contributed by atoms with Gasteiger partial charge in [-0.1, -0.05) is 44.0 Å². The molecular formula is C15H23Cl2NO2. The summed E-state index contributed by atoms with van der Waals surface area (Å²) in [5.41, 5.74) is 0.0224. The molecule has 1 rings (SSSR count). The maximum Gasteiger partial charge on any atom is 0.142 e. The number of hydrogen-bond donors (Lipinski definition) is 2. The summed E-state index contributed by atoms with van der Waals surface area (Å²) < 4.78 is 5.73. The van der Waals surface area contributed by atoms with E-state index >= 15 is 0 Å². The average Bonchev–Trinajstić information content (AvgIpc) is 2.34. The van der Waals surface area contributed by atoms with Gasteiger partial charge in [-0.3, -0.25) is 0 Å². The van der Waals surface area contributed by atoms with Gasteiger partial charge in [-0.15, -0.1) is 0 Å². The second kappa shape index (κ2) is 7.51. The number of nitrogens with one attached hydrogen (secondary N) is 1. The molecule has 1 unspecified atom stereocenters. The summed E-state index contributed by atoms with van der Waals surface area (Å²) in [6.07, 6.45) is 0.609. The smallest absolute Gasteiger partial charge is 0.142 e. The number of ether oxygens (including phenoxy) is 1. The second-order valence-corrected chi connectivity index (χ2v) is 6.39. The number of hydrogen-bond acceptors (Lipinski definition) is 3. The topological polar surface area (TPSA) is 41.5 Å². The molecule has 0 bridgehead atoms. The molecule has 0 spiro atoms. The molecule has 0 saturated heterocycles. The zero-order chi connectivity index (χ0) is 15.3. The van der Waals surface area contributed by atoms with Crippen LogP contribution < -0.4 is 10.1 Å². The summed E-state index contributed by atoms with van der Waals surface area (Å²) in [5, 5.41) is 14.4. The molecule has 0 aliphatic carbocycles. The Morgan fingerprint density at radius 2 is 2.00 bits per heavy atom. The van der Waals surface area contributed by atoms with Crippen LogP contribution in [0.1, 0.15) is 39.7 Å². The Kier molecular flexibility index (Phi) is 6.59. The first-order valence-corrected chi connectivity index (χ1v) is 7.57. The molecule has 0 saturated carbocycles. The highest BCUT2D eigenvalue weighted by molar-refractivity contribution is 6.35. The van der Waals surface area contributed by atoms with E-state index in [-0.39, 0.29) is 6.61 Å². The first-order chi connectivity index (χ1) is 9.25. The van der Waals surface area contributed by atoms with E-state index in [9.17, 15) is 5.11 Å². The minimum Gasteiger partial charge on any atom is -0.489 e. The van der Waals surface area contributed by atoms with E-state index in [0.29, 0.717) is 34.8 Å². The molecule has 1 aromatic rings. The van der Waals surface area contributed by atoms with E-state index < -0.39 is 5.60 Å². The van der Waals surface area contributed by atoms with Gasteiger partial charge in [0.15, 0.2) is 0 Å². The van der Waals surface area contributed by atoms with Crippen molar-refractivity contribution < 1.29 is 9.84 Å². The molecule has 0 heterocycles. The van der Waals surface area contributed by atoms with Crippen LogP contribution in [0.2, 0.25) is 10.0 Å². The van der Waals surface area contributed by atoms with Gasteiger partial charge in [-0.2, -0.15) is 0 Å². The fraction of sp³-hybridized carbons (Fsp3) is 0.600. The maximum absolute atomic E-state index is 10.0. The summed E-state index contributed by atoms with van der Waals surface area (Å²) in [6.45, 7) is 8.58. The Hall–Kier alpha value is -0.480. The molecule has 1 aromatic carbocycles. The first-order valence-electron chi connectivity index (χ1n) is 6.81. The van der Waals surface area contributed by atoms with Crippen molar-refractivity contribution in [3.8, 4) is 5.75 Å². The minimum atomic E-state index is -0.869. The van der Waals surface area contributed by atoms with Crippen molar-refractivity contribution in [1.82, 2.24) is 5.32 Å².